The van der Waals surface area contributed by atoms with Crippen LogP contribution >= 0.6 is 11.3 Å². The SMILES string of the molecule is CCCCCC(OCc1ccc(OC)cc1)c1ccc([C@H]2C(=O)C=CC2CCCc2ccc(C(=O)OC)s2)cc1. The number of esters is 1. The molecular formula is C34H40O5S. The molecule has 212 valence electrons. The molecule has 2 aromatic carbocycles. The van der Waals surface area contributed by atoms with Crippen LogP contribution in [0.1, 0.15) is 88.7 Å². The Bertz CT molecular complexity index is 1260. The summed E-state index contributed by atoms with van der Waals surface area (Å²) in [6, 6.07) is 20.3. The van der Waals surface area contributed by atoms with E-state index in [1.165, 1.54) is 36.2 Å². The molecule has 0 spiro atoms. The predicted molar refractivity (Wildman–Crippen MR) is 160 cm³/mol. The number of hydrogen-bond acceptors (Lipinski definition) is 6. The van der Waals surface area contributed by atoms with Gasteiger partial charge in [-0.3, -0.25) is 4.79 Å². The van der Waals surface area contributed by atoms with Crippen molar-refractivity contribution in [3.8, 4) is 5.75 Å². The molecule has 0 amide bonds. The summed E-state index contributed by atoms with van der Waals surface area (Å²) in [5, 5.41) is 0. The van der Waals surface area contributed by atoms with Crippen molar-refractivity contribution in [2.24, 2.45) is 5.92 Å². The van der Waals surface area contributed by atoms with Crippen LogP contribution in [0.15, 0.2) is 72.8 Å². The van der Waals surface area contributed by atoms with E-state index in [1.807, 2.05) is 36.4 Å². The van der Waals surface area contributed by atoms with E-state index in [0.29, 0.717) is 11.5 Å². The van der Waals surface area contributed by atoms with Crippen LogP contribution in [0.25, 0.3) is 0 Å². The minimum atomic E-state index is -0.289. The van der Waals surface area contributed by atoms with Gasteiger partial charge in [-0.15, -0.1) is 11.3 Å². The molecule has 40 heavy (non-hydrogen) atoms. The van der Waals surface area contributed by atoms with Crippen LogP contribution in [0.5, 0.6) is 5.75 Å². The number of carbonyl (C=O) groups is 2. The van der Waals surface area contributed by atoms with Gasteiger partial charge in [0, 0.05) is 4.88 Å². The zero-order chi connectivity index (χ0) is 28.3. The molecule has 1 aromatic heterocycles. The minimum absolute atomic E-state index is 0.0107. The summed E-state index contributed by atoms with van der Waals surface area (Å²) < 4.78 is 16.5. The van der Waals surface area contributed by atoms with Gasteiger partial charge in [0.2, 0.25) is 0 Å². The Hall–Kier alpha value is -3.22. The summed E-state index contributed by atoms with van der Waals surface area (Å²) >= 11 is 1.48. The molecule has 0 saturated heterocycles. The average Bonchev–Trinajstić information content (AvgIpc) is 3.61. The topological polar surface area (TPSA) is 61.8 Å². The van der Waals surface area contributed by atoms with Crippen LogP contribution in [0.4, 0.5) is 0 Å². The Morgan fingerprint density at radius 2 is 1.73 bits per heavy atom. The van der Waals surface area contributed by atoms with Crippen molar-refractivity contribution < 1.29 is 23.8 Å². The first-order valence-corrected chi connectivity index (χ1v) is 15.1. The Labute approximate surface area is 242 Å². The monoisotopic (exact) mass is 560 g/mol. The van der Waals surface area contributed by atoms with Crippen LogP contribution in [-0.2, 0) is 27.3 Å². The van der Waals surface area contributed by atoms with Gasteiger partial charge in [0.15, 0.2) is 5.78 Å². The second-order valence-electron chi connectivity index (χ2n) is 10.4. The van der Waals surface area contributed by atoms with E-state index in [4.69, 9.17) is 14.2 Å². The fourth-order valence-corrected chi connectivity index (χ4v) is 6.28. The van der Waals surface area contributed by atoms with Crippen molar-refractivity contribution in [1.82, 2.24) is 0 Å². The largest absolute Gasteiger partial charge is 0.497 e. The van der Waals surface area contributed by atoms with Gasteiger partial charge in [0.1, 0.15) is 10.6 Å². The number of ether oxygens (including phenoxy) is 3. The van der Waals surface area contributed by atoms with E-state index in [9.17, 15) is 9.59 Å². The fraction of sp³-hybridized carbons (Fsp3) is 0.412. The zero-order valence-corrected chi connectivity index (χ0v) is 24.6. The van der Waals surface area contributed by atoms with Gasteiger partial charge in [-0.1, -0.05) is 68.7 Å². The highest BCUT2D eigenvalue weighted by Gasteiger charge is 2.31. The number of thiophene rings is 1. The van der Waals surface area contributed by atoms with Gasteiger partial charge < -0.3 is 14.2 Å². The highest BCUT2D eigenvalue weighted by molar-refractivity contribution is 7.13. The maximum atomic E-state index is 12.9. The summed E-state index contributed by atoms with van der Waals surface area (Å²) in [4.78, 5) is 26.4. The Kier molecular flexibility index (Phi) is 11.1. The maximum absolute atomic E-state index is 12.9. The van der Waals surface area contributed by atoms with Gasteiger partial charge in [-0.25, -0.2) is 4.79 Å². The molecule has 0 fully saturated rings. The van der Waals surface area contributed by atoms with Gasteiger partial charge in [0.25, 0.3) is 0 Å². The van der Waals surface area contributed by atoms with Crippen molar-refractivity contribution >= 4 is 23.1 Å². The summed E-state index contributed by atoms with van der Waals surface area (Å²) in [5.74, 6) is 0.777. The molecule has 6 heteroatoms. The molecule has 0 saturated carbocycles. The molecule has 5 nitrogen and oxygen atoms in total. The van der Waals surface area contributed by atoms with Crippen LogP contribution in [0.2, 0.25) is 0 Å². The average molecular weight is 561 g/mol. The smallest absolute Gasteiger partial charge is 0.348 e. The lowest BCUT2D eigenvalue weighted by atomic mass is 9.84. The summed E-state index contributed by atoms with van der Waals surface area (Å²) in [5.41, 5.74) is 3.34. The summed E-state index contributed by atoms with van der Waals surface area (Å²) in [6.45, 7) is 2.76. The zero-order valence-electron chi connectivity index (χ0n) is 23.8. The van der Waals surface area contributed by atoms with E-state index in [2.05, 4.69) is 37.3 Å². The van der Waals surface area contributed by atoms with E-state index in [1.54, 1.807) is 13.2 Å². The third-order valence-electron chi connectivity index (χ3n) is 7.60. The molecular weight excluding hydrogens is 520 g/mol. The molecule has 1 aliphatic carbocycles. The first kappa shape index (κ1) is 29.8. The number of hydrogen-bond donors (Lipinski definition) is 0. The fourth-order valence-electron chi connectivity index (χ4n) is 5.32. The predicted octanol–water partition coefficient (Wildman–Crippen LogP) is 8.24. The third kappa shape index (κ3) is 7.92. The molecule has 2 unspecified atom stereocenters. The number of ketones is 1. The van der Waals surface area contributed by atoms with Crippen LogP contribution in [0.3, 0.4) is 0 Å². The lowest BCUT2D eigenvalue weighted by Crippen LogP contribution is -2.14. The van der Waals surface area contributed by atoms with Gasteiger partial charge in [-0.2, -0.15) is 0 Å². The molecule has 0 bridgehead atoms. The third-order valence-corrected chi connectivity index (χ3v) is 8.72. The molecule has 4 rings (SSSR count). The highest BCUT2D eigenvalue weighted by Crippen LogP contribution is 2.37. The molecule has 3 atom stereocenters. The normalized spacial score (nSPS) is 17.2. The van der Waals surface area contributed by atoms with Gasteiger partial charge in [-0.05, 0) is 78.6 Å². The molecule has 1 heterocycles. The maximum Gasteiger partial charge on any atom is 0.348 e. The number of methoxy groups -OCH3 is 2. The Morgan fingerprint density at radius 1 is 0.950 bits per heavy atom. The van der Waals surface area contributed by atoms with E-state index >= 15 is 0 Å². The van der Waals surface area contributed by atoms with E-state index < -0.39 is 0 Å². The van der Waals surface area contributed by atoms with Gasteiger partial charge >= 0.3 is 5.97 Å². The Balaban J connectivity index is 1.37. The summed E-state index contributed by atoms with van der Waals surface area (Å²) in [7, 11) is 3.07. The standard InChI is InChI=1S/C34H40O5S/c1-4-5-6-10-31(39-23-24-11-18-28(37-2)19-12-24)25-13-15-27(16-14-25)33-26(17-21-30(33)35)8-7-9-29-20-22-32(40-29)34(36)38-3/h11-22,26,31,33H,4-10,23H2,1-3H3/t26?,31?,33-/m0/s1. The number of unbranched alkanes of at least 4 members (excludes halogenated alkanes) is 2. The molecule has 0 aliphatic heterocycles. The quantitative estimate of drug-likeness (QED) is 0.138. The molecule has 0 radical (unpaired) electrons. The van der Waals surface area contributed by atoms with Crippen molar-refractivity contribution in [3.63, 3.8) is 0 Å². The lowest BCUT2D eigenvalue weighted by molar-refractivity contribution is -0.116. The van der Waals surface area contributed by atoms with Crippen LogP contribution < -0.4 is 4.74 Å². The molecule has 1 aliphatic rings. The molecule has 0 N–H and O–H groups in total. The van der Waals surface area contributed by atoms with E-state index in [0.717, 1.165) is 54.5 Å². The minimum Gasteiger partial charge on any atom is -0.497 e. The second kappa shape index (κ2) is 15.0. The number of allylic oxidation sites excluding steroid dienone is 2. The second-order valence-corrected chi connectivity index (χ2v) is 11.5. The summed E-state index contributed by atoms with van der Waals surface area (Å²) in [6.07, 6.45) is 11.0. The van der Waals surface area contributed by atoms with Crippen molar-refractivity contribution in [2.45, 2.75) is 70.5 Å². The first-order chi connectivity index (χ1) is 19.5. The van der Waals surface area contributed by atoms with Gasteiger partial charge in [0.05, 0.1) is 32.8 Å². The number of benzene rings is 2. The number of carbonyl (C=O) groups excluding carboxylic acids is 2. The van der Waals surface area contributed by atoms with Crippen molar-refractivity contribution in [2.75, 3.05) is 14.2 Å². The molecule has 3 aromatic rings. The Morgan fingerprint density at radius 3 is 2.42 bits per heavy atom. The van der Waals surface area contributed by atoms with E-state index in [-0.39, 0.29) is 29.7 Å². The van der Waals surface area contributed by atoms with Crippen LogP contribution in [-0.4, -0.2) is 26.0 Å². The number of rotatable bonds is 15. The van der Waals surface area contributed by atoms with Crippen LogP contribution in [0, 0.1) is 5.92 Å². The lowest BCUT2D eigenvalue weighted by Gasteiger charge is -2.21. The van der Waals surface area contributed by atoms with Crippen molar-refractivity contribution in [3.05, 3.63) is 99.3 Å². The van der Waals surface area contributed by atoms with Crippen molar-refractivity contribution in [1.29, 1.82) is 0 Å². The number of aryl methyl sites for hydroxylation is 1. The highest BCUT2D eigenvalue weighted by atomic mass is 32.1. The first-order valence-electron chi connectivity index (χ1n) is 14.3.